The lowest BCUT2D eigenvalue weighted by Gasteiger charge is -2.23. The summed E-state index contributed by atoms with van der Waals surface area (Å²) >= 11 is 1.57. The van der Waals surface area contributed by atoms with E-state index in [1.807, 2.05) is 36.4 Å². The number of nitrogens with one attached hydrogen (secondary N) is 1. The Bertz CT molecular complexity index is 1070. The van der Waals surface area contributed by atoms with Crippen molar-refractivity contribution >= 4 is 34.5 Å². The summed E-state index contributed by atoms with van der Waals surface area (Å²) in [5.74, 6) is 0. The van der Waals surface area contributed by atoms with E-state index in [-0.39, 0.29) is 11.4 Å². The van der Waals surface area contributed by atoms with E-state index in [2.05, 4.69) is 5.32 Å². The number of nitrogens with zero attached hydrogens (tertiary/aromatic N) is 2. The van der Waals surface area contributed by atoms with Crippen molar-refractivity contribution in [3.05, 3.63) is 80.9 Å². The third-order valence-electron chi connectivity index (χ3n) is 4.07. The quantitative estimate of drug-likeness (QED) is 0.387. The fourth-order valence-corrected chi connectivity index (χ4v) is 3.92. The van der Waals surface area contributed by atoms with E-state index in [1.54, 1.807) is 17.8 Å². The van der Waals surface area contributed by atoms with Gasteiger partial charge in [0.15, 0.2) is 0 Å². The van der Waals surface area contributed by atoms with Crippen molar-refractivity contribution in [1.29, 1.82) is 0 Å². The Hall–Kier alpha value is -3.39. The molecule has 3 aromatic carbocycles. The largest absolute Gasteiger partial charge is 0.353 e. The van der Waals surface area contributed by atoms with Gasteiger partial charge in [-0.3, -0.25) is 20.2 Å². The predicted octanol–water partition coefficient (Wildman–Crippen LogP) is 5.38. The number of nitro groups is 2. The zero-order valence-corrected chi connectivity index (χ0v) is 14.0. The second-order valence-electron chi connectivity index (χ2n) is 5.62. The van der Waals surface area contributed by atoms with Crippen LogP contribution in [0.15, 0.2) is 70.5 Å². The molecule has 4 rings (SSSR count). The Morgan fingerprint density at radius 2 is 1.58 bits per heavy atom. The molecular formula is C18H11N3O4S. The van der Waals surface area contributed by atoms with E-state index in [1.165, 1.54) is 12.1 Å². The van der Waals surface area contributed by atoms with Gasteiger partial charge in [0.2, 0.25) is 0 Å². The number of hydrogen-bond acceptors (Lipinski definition) is 6. The Labute approximate surface area is 152 Å². The fourth-order valence-electron chi connectivity index (χ4n) is 2.89. The van der Waals surface area contributed by atoms with Gasteiger partial charge in [-0.25, -0.2) is 0 Å². The fraction of sp³-hybridized carbons (Fsp3) is 0. The lowest BCUT2D eigenvalue weighted by molar-refractivity contribution is -0.393. The standard InChI is InChI=1S/C18H11N3O4S/c22-20(23)11-8-9-12(15(10-11)21(24)25)13-4-3-7-17-18(13)19-14-5-1-2-6-16(14)26-17/h1-10,19H. The summed E-state index contributed by atoms with van der Waals surface area (Å²) in [5.41, 5.74) is 2.04. The first kappa shape index (κ1) is 16.1. The minimum Gasteiger partial charge on any atom is -0.353 e. The van der Waals surface area contributed by atoms with Gasteiger partial charge in [0.25, 0.3) is 11.4 Å². The molecule has 8 heteroatoms. The maximum atomic E-state index is 11.5. The van der Waals surface area contributed by atoms with Crippen molar-refractivity contribution in [3.8, 4) is 11.1 Å². The lowest BCUT2D eigenvalue weighted by Crippen LogP contribution is -2.02. The van der Waals surface area contributed by atoms with Crippen LogP contribution in [-0.2, 0) is 0 Å². The highest BCUT2D eigenvalue weighted by Gasteiger charge is 2.25. The number of benzene rings is 3. The molecule has 0 spiro atoms. The first-order valence-corrected chi connectivity index (χ1v) is 8.46. The Kier molecular flexibility index (Phi) is 3.81. The van der Waals surface area contributed by atoms with Crippen LogP contribution in [0.25, 0.3) is 11.1 Å². The van der Waals surface area contributed by atoms with Gasteiger partial charge in [0.05, 0.1) is 32.9 Å². The van der Waals surface area contributed by atoms with Crippen LogP contribution >= 0.6 is 11.8 Å². The van der Waals surface area contributed by atoms with Crippen LogP contribution in [0, 0.1) is 20.2 Å². The van der Waals surface area contributed by atoms with Crippen LogP contribution < -0.4 is 5.32 Å². The molecule has 0 amide bonds. The lowest BCUT2D eigenvalue weighted by atomic mass is 10.0. The Balaban J connectivity index is 1.89. The molecule has 26 heavy (non-hydrogen) atoms. The second-order valence-corrected chi connectivity index (χ2v) is 6.70. The molecule has 0 aliphatic carbocycles. The Morgan fingerprint density at radius 1 is 0.808 bits per heavy atom. The number of hydrogen-bond donors (Lipinski definition) is 1. The van der Waals surface area contributed by atoms with Crippen LogP contribution in [0.3, 0.4) is 0 Å². The molecule has 7 nitrogen and oxygen atoms in total. The van der Waals surface area contributed by atoms with Crippen LogP contribution in [-0.4, -0.2) is 9.85 Å². The average molecular weight is 365 g/mol. The van der Waals surface area contributed by atoms with E-state index < -0.39 is 9.85 Å². The third-order valence-corrected chi connectivity index (χ3v) is 5.21. The molecule has 0 aromatic heterocycles. The molecular weight excluding hydrogens is 354 g/mol. The van der Waals surface area contributed by atoms with E-state index in [9.17, 15) is 20.2 Å². The van der Waals surface area contributed by atoms with E-state index >= 15 is 0 Å². The summed E-state index contributed by atoms with van der Waals surface area (Å²) in [4.78, 5) is 23.2. The van der Waals surface area contributed by atoms with Crippen LogP contribution in [0.5, 0.6) is 0 Å². The summed E-state index contributed by atoms with van der Waals surface area (Å²) in [6.07, 6.45) is 0. The Morgan fingerprint density at radius 3 is 2.35 bits per heavy atom. The number of para-hydroxylation sites is 2. The number of non-ortho nitro benzene ring substituents is 1. The predicted molar refractivity (Wildman–Crippen MR) is 99.0 cm³/mol. The van der Waals surface area contributed by atoms with Crippen LogP contribution in [0.1, 0.15) is 0 Å². The zero-order valence-electron chi connectivity index (χ0n) is 13.2. The van der Waals surface area contributed by atoms with Crippen molar-refractivity contribution in [1.82, 2.24) is 0 Å². The van der Waals surface area contributed by atoms with Gasteiger partial charge in [-0.1, -0.05) is 36.0 Å². The van der Waals surface area contributed by atoms with Gasteiger partial charge in [-0.15, -0.1) is 0 Å². The van der Waals surface area contributed by atoms with Crippen molar-refractivity contribution in [3.63, 3.8) is 0 Å². The summed E-state index contributed by atoms with van der Waals surface area (Å²) in [7, 11) is 0. The van der Waals surface area contributed by atoms with Gasteiger partial charge in [0, 0.05) is 21.4 Å². The average Bonchev–Trinajstić information content (AvgIpc) is 2.65. The molecule has 0 fully saturated rings. The third kappa shape index (κ3) is 2.66. The molecule has 1 aliphatic heterocycles. The molecule has 0 saturated heterocycles. The summed E-state index contributed by atoms with van der Waals surface area (Å²) in [6.45, 7) is 0. The van der Waals surface area contributed by atoms with Gasteiger partial charge in [-0.05, 0) is 24.3 Å². The molecule has 0 atom stereocenters. The maximum absolute atomic E-state index is 11.5. The number of anilines is 2. The van der Waals surface area contributed by atoms with Crippen molar-refractivity contribution in [2.75, 3.05) is 5.32 Å². The van der Waals surface area contributed by atoms with Gasteiger partial charge in [0.1, 0.15) is 0 Å². The number of nitro benzene ring substituents is 2. The summed E-state index contributed by atoms with van der Waals surface area (Å²) in [5, 5.41) is 25.8. The van der Waals surface area contributed by atoms with E-state index in [0.717, 1.165) is 27.2 Å². The molecule has 0 bridgehead atoms. The molecule has 0 radical (unpaired) electrons. The highest BCUT2D eigenvalue weighted by atomic mass is 32.2. The van der Waals surface area contributed by atoms with Gasteiger partial charge in [-0.2, -0.15) is 0 Å². The monoisotopic (exact) mass is 365 g/mol. The van der Waals surface area contributed by atoms with E-state index in [0.29, 0.717) is 11.1 Å². The maximum Gasteiger partial charge on any atom is 0.284 e. The molecule has 1 aliphatic rings. The highest BCUT2D eigenvalue weighted by Crippen LogP contribution is 2.49. The molecule has 3 aromatic rings. The first-order chi connectivity index (χ1) is 12.5. The van der Waals surface area contributed by atoms with Crippen molar-refractivity contribution in [2.45, 2.75) is 9.79 Å². The smallest absolute Gasteiger partial charge is 0.284 e. The zero-order chi connectivity index (χ0) is 18.3. The molecule has 128 valence electrons. The van der Waals surface area contributed by atoms with Crippen LogP contribution in [0.4, 0.5) is 22.7 Å². The van der Waals surface area contributed by atoms with Crippen molar-refractivity contribution in [2.24, 2.45) is 0 Å². The summed E-state index contributed by atoms with van der Waals surface area (Å²) < 4.78 is 0. The van der Waals surface area contributed by atoms with Gasteiger partial charge < -0.3 is 5.32 Å². The van der Waals surface area contributed by atoms with Gasteiger partial charge >= 0.3 is 0 Å². The summed E-state index contributed by atoms with van der Waals surface area (Å²) in [6, 6.07) is 17.0. The number of fused-ring (bicyclic) bond motifs is 2. The minimum absolute atomic E-state index is 0.293. The topological polar surface area (TPSA) is 98.3 Å². The highest BCUT2D eigenvalue weighted by molar-refractivity contribution is 7.99. The SMILES string of the molecule is O=[N+]([O-])c1ccc(-c2cccc3c2Nc2ccccc2S3)c([N+](=O)[O-])c1. The second kappa shape index (κ2) is 6.16. The van der Waals surface area contributed by atoms with Crippen LogP contribution in [0.2, 0.25) is 0 Å². The molecule has 1 N–H and O–H groups in total. The first-order valence-electron chi connectivity index (χ1n) is 7.65. The van der Waals surface area contributed by atoms with E-state index in [4.69, 9.17) is 0 Å². The minimum atomic E-state index is -0.637. The molecule has 0 unspecified atom stereocenters. The number of rotatable bonds is 3. The molecule has 0 saturated carbocycles. The molecule has 1 heterocycles. The van der Waals surface area contributed by atoms with Crippen molar-refractivity contribution < 1.29 is 9.85 Å². The normalized spacial score (nSPS) is 11.8.